The van der Waals surface area contributed by atoms with Crippen molar-refractivity contribution >= 4 is 0 Å². The Labute approximate surface area is 132 Å². The molecule has 0 aromatic rings. The Bertz CT molecular complexity index is 281. The van der Waals surface area contributed by atoms with Crippen molar-refractivity contribution in [3.8, 4) is 0 Å². The number of hydrogen-bond acceptors (Lipinski definition) is 3. The molecule has 3 fully saturated rings. The molecule has 21 heavy (non-hydrogen) atoms. The molecule has 3 saturated heterocycles. The predicted octanol–water partition coefficient (Wildman–Crippen LogP) is 2.77. The zero-order chi connectivity index (χ0) is 15.3. The first kappa shape index (κ1) is 17.2. The maximum atomic E-state index is 2.76. The number of hydrogen-bond donors (Lipinski definition) is 0. The van der Waals surface area contributed by atoms with Gasteiger partial charge >= 0.3 is 0 Å². The average molecular weight is 296 g/mol. The SMILES string of the molecule is CC.CCN1CCC(CN2CCC3(CC2)CN(C)C3)CC1. The number of rotatable bonds is 3. The molecule has 3 rings (SSSR count). The highest BCUT2D eigenvalue weighted by molar-refractivity contribution is 4.97. The van der Waals surface area contributed by atoms with Crippen LogP contribution in [0.1, 0.15) is 46.5 Å². The van der Waals surface area contributed by atoms with Gasteiger partial charge in [-0.15, -0.1) is 0 Å². The average Bonchev–Trinajstić information content (AvgIpc) is 2.51. The second-order valence-electron chi connectivity index (χ2n) is 7.35. The van der Waals surface area contributed by atoms with Crippen LogP contribution in [0.15, 0.2) is 0 Å². The molecule has 1 spiro atoms. The molecule has 0 radical (unpaired) electrons. The molecule has 0 aromatic carbocycles. The number of likely N-dealkylation sites (tertiary alicyclic amines) is 3. The fourth-order valence-corrected chi connectivity index (χ4v) is 4.48. The molecule has 0 aromatic heterocycles. The van der Waals surface area contributed by atoms with Gasteiger partial charge in [0, 0.05) is 19.6 Å². The van der Waals surface area contributed by atoms with Gasteiger partial charge in [-0.3, -0.25) is 0 Å². The normalized spacial score (nSPS) is 28.0. The maximum Gasteiger partial charge on any atom is 0.00484 e. The monoisotopic (exact) mass is 295 g/mol. The molecule has 0 aliphatic carbocycles. The predicted molar refractivity (Wildman–Crippen MR) is 91.8 cm³/mol. The minimum atomic E-state index is 0.719. The molecule has 3 aliphatic rings. The van der Waals surface area contributed by atoms with Crippen LogP contribution in [0.5, 0.6) is 0 Å². The van der Waals surface area contributed by atoms with E-state index in [4.69, 9.17) is 0 Å². The van der Waals surface area contributed by atoms with Gasteiger partial charge < -0.3 is 14.7 Å². The van der Waals surface area contributed by atoms with Gasteiger partial charge in [0.25, 0.3) is 0 Å². The summed E-state index contributed by atoms with van der Waals surface area (Å²) in [5.41, 5.74) is 0.719. The molecule has 3 heterocycles. The third-order valence-electron chi connectivity index (χ3n) is 5.80. The van der Waals surface area contributed by atoms with Crippen molar-refractivity contribution < 1.29 is 0 Å². The Morgan fingerprint density at radius 1 is 0.905 bits per heavy atom. The summed E-state index contributed by atoms with van der Waals surface area (Å²) in [5.74, 6) is 0.973. The minimum absolute atomic E-state index is 0.719. The van der Waals surface area contributed by atoms with E-state index in [9.17, 15) is 0 Å². The van der Waals surface area contributed by atoms with Crippen molar-refractivity contribution in [2.24, 2.45) is 11.3 Å². The van der Waals surface area contributed by atoms with E-state index in [1.54, 1.807) is 0 Å². The van der Waals surface area contributed by atoms with Crippen molar-refractivity contribution in [3.05, 3.63) is 0 Å². The molecule has 124 valence electrons. The second kappa shape index (κ2) is 7.94. The van der Waals surface area contributed by atoms with Crippen molar-refractivity contribution in [1.82, 2.24) is 14.7 Å². The van der Waals surface area contributed by atoms with E-state index < -0.39 is 0 Å². The lowest BCUT2D eigenvalue weighted by Gasteiger charge is -2.53. The third-order valence-corrected chi connectivity index (χ3v) is 5.80. The molecule has 0 saturated carbocycles. The third kappa shape index (κ3) is 4.43. The van der Waals surface area contributed by atoms with E-state index in [-0.39, 0.29) is 0 Å². The largest absolute Gasteiger partial charge is 0.305 e. The van der Waals surface area contributed by atoms with Gasteiger partial charge in [-0.25, -0.2) is 0 Å². The van der Waals surface area contributed by atoms with Crippen LogP contribution in [-0.2, 0) is 0 Å². The van der Waals surface area contributed by atoms with Gasteiger partial charge in [-0.05, 0) is 76.8 Å². The molecule has 0 unspecified atom stereocenters. The first-order valence-corrected chi connectivity index (χ1v) is 9.32. The zero-order valence-electron chi connectivity index (χ0n) is 14.9. The maximum absolute atomic E-state index is 2.76. The molecular formula is C18H37N3. The van der Waals surface area contributed by atoms with E-state index in [2.05, 4.69) is 28.7 Å². The first-order chi connectivity index (χ1) is 10.2. The molecule has 0 bridgehead atoms. The molecule has 0 amide bonds. The molecule has 0 atom stereocenters. The van der Waals surface area contributed by atoms with Crippen LogP contribution in [-0.4, -0.2) is 74.1 Å². The Morgan fingerprint density at radius 2 is 1.48 bits per heavy atom. The Morgan fingerprint density at radius 3 is 1.95 bits per heavy atom. The van der Waals surface area contributed by atoms with Crippen molar-refractivity contribution in [1.29, 1.82) is 0 Å². The van der Waals surface area contributed by atoms with Gasteiger partial charge in [0.05, 0.1) is 0 Å². The highest BCUT2D eigenvalue weighted by atomic mass is 15.2. The van der Waals surface area contributed by atoms with E-state index in [0.717, 1.165) is 11.3 Å². The van der Waals surface area contributed by atoms with E-state index in [0.29, 0.717) is 0 Å². The van der Waals surface area contributed by atoms with Crippen LogP contribution in [0, 0.1) is 11.3 Å². The highest BCUT2D eigenvalue weighted by Crippen LogP contribution is 2.39. The summed E-state index contributed by atoms with van der Waals surface area (Å²) in [4.78, 5) is 7.85. The summed E-state index contributed by atoms with van der Waals surface area (Å²) in [5, 5.41) is 0. The van der Waals surface area contributed by atoms with Gasteiger partial charge in [-0.1, -0.05) is 20.8 Å². The van der Waals surface area contributed by atoms with E-state index in [1.165, 1.54) is 78.0 Å². The lowest BCUT2D eigenvalue weighted by atomic mass is 9.72. The van der Waals surface area contributed by atoms with Crippen molar-refractivity contribution in [2.75, 3.05) is 59.4 Å². The van der Waals surface area contributed by atoms with Gasteiger partial charge in [-0.2, -0.15) is 0 Å². The summed E-state index contributed by atoms with van der Waals surface area (Å²) in [7, 11) is 2.26. The van der Waals surface area contributed by atoms with Crippen LogP contribution in [0.4, 0.5) is 0 Å². The first-order valence-electron chi connectivity index (χ1n) is 9.32. The Hall–Kier alpha value is -0.120. The lowest BCUT2D eigenvalue weighted by molar-refractivity contribution is -0.0353. The van der Waals surface area contributed by atoms with Gasteiger partial charge in [0.15, 0.2) is 0 Å². The topological polar surface area (TPSA) is 9.72 Å². The standard InChI is InChI=1S/C16H31N3.C2H6/c1-3-18-8-4-15(5-9-18)12-19-10-6-16(7-11-19)13-17(2)14-16;1-2/h15H,3-14H2,1-2H3;1-2H3. The van der Waals surface area contributed by atoms with Crippen molar-refractivity contribution in [2.45, 2.75) is 46.5 Å². The Kier molecular flexibility index (Phi) is 6.51. The number of piperidine rings is 2. The quantitative estimate of drug-likeness (QED) is 0.793. The summed E-state index contributed by atoms with van der Waals surface area (Å²) < 4.78 is 0. The van der Waals surface area contributed by atoms with Gasteiger partial charge in [0.2, 0.25) is 0 Å². The Balaban J connectivity index is 0.000000774. The van der Waals surface area contributed by atoms with E-state index in [1.807, 2.05) is 13.8 Å². The fraction of sp³-hybridized carbons (Fsp3) is 1.00. The number of nitrogens with zero attached hydrogens (tertiary/aromatic N) is 3. The molecule has 0 N–H and O–H groups in total. The van der Waals surface area contributed by atoms with Crippen LogP contribution in [0.3, 0.4) is 0 Å². The summed E-state index contributed by atoms with van der Waals surface area (Å²) in [6, 6.07) is 0. The minimum Gasteiger partial charge on any atom is -0.305 e. The molecule has 3 aliphatic heterocycles. The summed E-state index contributed by atoms with van der Waals surface area (Å²) in [6.45, 7) is 17.0. The van der Waals surface area contributed by atoms with Crippen LogP contribution in [0.25, 0.3) is 0 Å². The van der Waals surface area contributed by atoms with E-state index >= 15 is 0 Å². The molecular weight excluding hydrogens is 258 g/mol. The van der Waals surface area contributed by atoms with Crippen LogP contribution >= 0.6 is 0 Å². The summed E-state index contributed by atoms with van der Waals surface area (Å²) in [6.07, 6.45) is 5.76. The fourth-order valence-electron chi connectivity index (χ4n) is 4.48. The lowest BCUT2D eigenvalue weighted by Crippen LogP contribution is -2.59. The smallest absolute Gasteiger partial charge is 0.00484 e. The highest BCUT2D eigenvalue weighted by Gasteiger charge is 2.43. The summed E-state index contributed by atoms with van der Waals surface area (Å²) >= 11 is 0. The molecule has 3 heteroatoms. The molecule has 3 nitrogen and oxygen atoms in total. The van der Waals surface area contributed by atoms with Crippen LogP contribution in [0.2, 0.25) is 0 Å². The zero-order valence-corrected chi connectivity index (χ0v) is 14.9. The second-order valence-corrected chi connectivity index (χ2v) is 7.35. The van der Waals surface area contributed by atoms with Crippen molar-refractivity contribution in [3.63, 3.8) is 0 Å². The van der Waals surface area contributed by atoms with Gasteiger partial charge in [0.1, 0.15) is 0 Å². The van der Waals surface area contributed by atoms with Crippen LogP contribution < -0.4 is 0 Å².